The maximum Gasteiger partial charge on any atom is 0.101 e. The van der Waals surface area contributed by atoms with Crippen molar-refractivity contribution in [2.24, 2.45) is 0 Å². The Hall–Kier alpha value is -0.160. The Labute approximate surface area is 157 Å². The third kappa shape index (κ3) is 20.0. The highest BCUT2D eigenvalue weighted by atomic mass is 16.9. The molecule has 25 heavy (non-hydrogen) atoms. The van der Waals surface area contributed by atoms with Crippen LogP contribution in [0.3, 0.4) is 0 Å². The summed E-state index contributed by atoms with van der Waals surface area (Å²) in [7, 11) is 3.22. The van der Waals surface area contributed by atoms with Crippen LogP contribution >= 0.6 is 0 Å². The second kappa shape index (κ2) is 21.9. The van der Waals surface area contributed by atoms with E-state index in [9.17, 15) is 0 Å². The highest BCUT2D eigenvalue weighted by Gasteiger charge is 1.99. The van der Waals surface area contributed by atoms with E-state index in [4.69, 9.17) is 9.68 Å². The van der Waals surface area contributed by atoms with E-state index in [0.717, 1.165) is 6.54 Å². The number of nitrogens with one attached hydrogen (secondary N) is 1. The van der Waals surface area contributed by atoms with Gasteiger partial charge in [0, 0.05) is 0 Å². The minimum absolute atomic E-state index is 0.617. The Morgan fingerprint density at radius 1 is 0.560 bits per heavy atom. The molecule has 0 rings (SSSR count). The monoisotopic (exact) mass is 358 g/mol. The topological polar surface area (TPSA) is 33.7 Å². The number of hydroxylamine groups is 2. The van der Waals surface area contributed by atoms with E-state index >= 15 is 0 Å². The molecular weight excluding hydrogens is 312 g/mol. The Morgan fingerprint density at radius 2 is 0.920 bits per heavy atom. The van der Waals surface area contributed by atoms with Crippen molar-refractivity contribution in [1.29, 1.82) is 0 Å². The summed E-state index contributed by atoms with van der Waals surface area (Å²) in [6.45, 7) is 3.94. The van der Waals surface area contributed by atoms with E-state index in [1.54, 1.807) is 14.2 Å². The van der Waals surface area contributed by atoms with Crippen molar-refractivity contribution < 1.29 is 9.68 Å². The van der Waals surface area contributed by atoms with Crippen LogP contribution in [0.2, 0.25) is 0 Å². The zero-order valence-electron chi connectivity index (χ0n) is 17.5. The fourth-order valence-corrected chi connectivity index (χ4v) is 3.17. The van der Waals surface area contributed by atoms with E-state index in [2.05, 4.69) is 12.2 Å². The fourth-order valence-electron chi connectivity index (χ4n) is 3.17. The van der Waals surface area contributed by atoms with Gasteiger partial charge in [0.1, 0.15) is 6.67 Å². The van der Waals surface area contributed by atoms with E-state index in [1.165, 1.54) is 108 Å². The number of hydrogen-bond acceptors (Lipinski definition) is 4. The summed E-state index contributed by atoms with van der Waals surface area (Å²) in [4.78, 5) is 9.96. The van der Waals surface area contributed by atoms with Gasteiger partial charge in [-0.15, -0.1) is 0 Å². The lowest BCUT2D eigenvalue weighted by atomic mass is 10.0. The van der Waals surface area contributed by atoms with E-state index in [-0.39, 0.29) is 0 Å². The zero-order valence-corrected chi connectivity index (χ0v) is 17.5. The van der Waals surface area contributed by atoms with Crippen LogP contribution in [0.1, 0.15) is 110 Å². The Kier molecular flexibility index (Phi) is 21.7. The van der Waals surface area contributed by atoms with Crippen LogP contribution < -0.4 is 5.32 Å². The molecule has 4 nitrogen and oxygen atoms in total. The first-order valence-corrected chi connectivity index (χ1v) is 10.9. The van der Waals surface area contributed by atoms with Crippen LogP contribution in [0.4, 0.5) is 0 Å². The largest absolute Gasteiger partial charge is 0.300 e. The Morgan fingerprint density at radius 3 is 1.28 bits per heavy atom. The number of nitrogens with zero attached hydrogens (tertiary/aromatic N) is 1. The molecule has 0 saturated heterocycles. The van der Waals surface area contributed by atoms with Gasteiger partial charge in [0.25, 0.3) is 0 Å². The van der Waals surface area contributed by atoms with Gasteiger partial charge in [-0.1, -0.05) is 108 Å². The first-order valence-electron chi connectivity index (χ1n) is 10.9. The summed E-state index contributed by atoms with van der Waals surface area (Å²) in [6.07, 6.45) is 22.6. The third-order valence-corrected chi connectivity index (χ3v) is 4.86. The molecule has 0 saturated carbocycles. The van der Waals surface area contributed by atoms with Crippen LogP contribution in [-0.2, 0) is 9.68 Å². The molecule has 0 radical (unpaired) electrons. The average molecular weight is 359 g/mol. The smallest absolute Gasteiger partial charge is 0.101 e. The van der Waals surface area contributed by atoms with Gasteiger partial charge in [-0.3, -0.25) is 9.68 Å². The molecule has 0 aliphatic rings. The maximum absolute atomic E-state index is 4.98. The standard InChI is InChI=1S/C21H46N2O2/c1-4-5-6-7-8-9-10-11-12-13-14-15-16-17-18-19-20-22-21-23(24-2)25-3/h22H,4-21H2,1-3H3. The number of rotatable bonds is 21. The van der Waals surface area contributed by atoms with Crippen molar-refractivity contribution in [2.45, 2.75) is 110 Å². The van der Waals surface area contributed by atoms with Crippen molar-refractivity contribution >= 4 is 0 Å². The van der Waals surface area contributed by atoms with E-state index < -0.39 is 0 Å². The van der Waals surface area contributed by atoms with Crippen LogP contribution in [0.5, 0.6) is 0 Å². The van der Waals surface area contributed by atoms with Gasteiger partial charge in [0.15, 0.2) is 0 Å². The highest BCUT2D eigenvalue weighted by Crippen LogP contribution is 2.13. The fraction of sp³-hybridized carbons (Fsp3) is 1.00. The SMILES string of the molecule is CCCCCCCCCCCCCCCCCCNCN(OC)OC. The molecule has 152 valence electrons. The summed E-state index contributed by atoms with van der Waals surface area (Å²) >= 11 is 0. The van der Waals surface area contributed by atoms with Crippen LogP contribution in [0.15, 0.2) is 0 Å². The van der Waals surface area contributed by atoms with Crippen molar-refractivity contribution in [2.75, 3.05) is 27.4 Å². The van der Waals surface area contributed by atoms with Crippen molar-refractivity contribution in [3.05, 3.63) is 0 Å². The maximum atomic E-state index is 4.98. The average Bonchev–Trinajstić information content (AvgIpc) is 2.64. The molecule has 0 aromatic rings. The molecule has 0 amide bonds. The molecule has 0 atom stereocenters. The minimum atomic E-state index is 0.617. The lowest BCUT2D eigenvalue weighted by molar-refractivity contribution is -0.345. The Balaban J connectivity index is 3.03. The summed E-state index contributed by atoms with van der Waals surface area (Å²) < 4.78 is 0. The molecule has 0 aliphatic heterocycles. The molecular formula is C21H46N2O2. The lowest BCUT2D eigenvalue weighted by Gasteiger charge is -2.16. The summed E-state index contributed by atoms with van der Waals surface area (Å²) in [6, 6.07) is 0. The predicted octanol–water partition coefficient (Wildman–Crippen LogP) is 6.22. The van der Waals surface area contributed by atoms with E-state index in [1.807, 2.05) is 0 Å². The van der Waals surface area contributed by atoms with Crippen molar-refractivity contribution in [3.63, 3.8) is 0 Å². The molecule has 0 fully saturated rings. The highest BCUT2D eigenvalue weighted by molar-refractivity contribution is 4.50. The summed E-state index contributed by atoms with van der Waals surface area (Å²) in [5.74, 6) is 0. The summed E-state index contributed by atoms with van der Waals surface area (Å²) in [5, 5.41) is 4.75. The first kappa shape index (κ1) is 24.8. The van der Waals surface area contributed by atoms with Gasteiger partial charge in [-0.05, 0) is 13.0 Å². The van der Waals surface area contributed by atoms with Gasteiger partial charge >= 0.3 is 0 Å². The third-order valence-electron chi connectivity index (χ3n) is 4.86. The van der Waals surface area contributed by atoms with Crippen LogP contribution in [-0.4, -0.2) is 32.7 Å². The van der Waals surface area contributed by atoms with Crippen LogP contribution in [0, 0.1) is 0 Å². The zero-order chi connectivity index (χ0) is 18.4. The molecule has 4 heteroatoms. The van der Waals surface area contributed by atoms with Crippen molar-refractivity contribution in [3.8, 4) is 0 Å². The van der Waals surface area contributed by atoms with Gasteiger partial charge in [0.2, 0.25) is 0 Å². The van der Waals surface area contributed by atoms with Crippen LogP contribution in [0.25, 0.3) is 0 Å². The second-order valence-corrected chi connectivity index (χ2v) is 7.16. The lowest BCUT2D eigenvalue weighted by Crippen LogP contribution is -2.33. The molecule has 0 unspecified atom stereocenters. The molecule has 1 N–H and O–H groups in total. The predicted molar refractivity (Wildman–Crippen MR) is 108 cm³/mol. The van der Waals surface area contributed by atoms with Gasteiger partial charge in [-0.25, -0.2) is 0 Å². The van der Waals surface area contributed by atoms with Gasteiger partial charge in [0.05, 0.1) is 14.2 Å². The van der Waals surface area contributed by atoms with Gasteiger partial charge < -0.3 is 5.32 Å². The van der Waals surface area contributed by atoms with Crippen molar-refractivity contribution in [1.82, 2.24) is 10.5 Å². The Bertz CT molecular complexity index is 236. The number of hydrogen-bond donors (Lipinski definition) is 1. The molecule has 0 spiro atoms. The van der Waals surface area contributed by atoms with Gasteiger partial charge in [-0.2, -0.15) is 0 Å². The molecule has 0 bridgehead atoms. The molecule has 0 aromatic heterocycles. The molecule has 0 aliphatic carbocycles. The molecule has 0 heterocycles. The minimum Gasteiger partial charge on any atom is -0.300 e. The molecule has 0 aromatic carbocycles. The quantitative estimate of drug-likeness (QED) is 0.150. The second-order valence-electron chi connectivity index (χ2n) is 7.16. The van der Waals surface area contributed by atoms with E-state index in [0.29, 0.717) is 6.67 Å². The first-order chi connectivity index (χ1) is 12.3. The normalized spacial score (nSPS) is 11.5. The number of unbranched alkanes of at least 4 members (excludes halogenated alkanes) is 15. The summed E-state index contributed by atoms with van der Waals surface area (Å²) in [5.41, 5.74) is 0.